The second-order valence-corrected chi connectivity index (χ2v) is 9.52. The Hall–Kier alpha value is 0.620. The van der Waals surface area contributed by atoms with E-state index in [1.807, 2.05) is 23.1 Å². The van der Waals surface area contributed by atoms with Crippen LogP contribution in [0.25, 0.3) is 0 Å². The highest BCUT2D eigenvalue weighted by Crippen LogP contribution is 2.33. The highest BCUT2D eigenvalue weighted by Gasteiger charge is 2.27. The Morgan fingerprint density at radius 2 is 1.85 bits per heavy atom. The summed E-state index contributed by atoms with van der Waals surface area (Å²) < 4.78 is 3.37. The van der Waals surface area contributed by atoms with Crippen molar-refractivity contribution >= 4 is 83.4 Å². The lowest BCUT2D eigenvalue weighted by Gasteiger charge is -2.22. The summed E-state index contributed by atoms with van der Waals surface area (Å²) >= 11 is 6.22. The monoisotopic (exact) mass is 530 g/mol. The minimum Gasteiger partial charge on any atom is -0.288 e. The third-order valence-corrected chi connectivity index (χ3v) is 7.50. The van der Waals surface area contributed by atoms with Crippen LogP contribution in [-0.2, 0) is 4.79 Å². The number of quaternary nitrogens is 1. The van der Waals surface area contributed by atoms with E-state index in [-0.39, 0.29) is 5.78 Å². The molecule has 3 rings (SSSR count). The van der Waals surface area contributed by atoms with E-state index in [9.17, 15) is 4.79 Å². The quantitative estimate of drug-likeness (QED) is 0.296. The number of rotatable bonds is 0. The average Bonchev–Trinajstić information content (AvgIpc) is 2.93. The molecule has 0 amide bonds. The number of allylic oxidation sites excluding steroid dienone is 6. The first kappa shape index (κ1) is 15.5. The Labute approximate surface area is 153 Å². The topological polar surface area (TPSA) is 21.5 Å². The third kappa shape index (κ3) is 3.34. The zero-order valence-electron chi connectivity index (χ0n) is 10.7. The van der Waals surface area contributed by atoms with Gasteiger partial charge >= 0.3 is 0 Å². The maximum Gasteiger partial charge on any atom is 0.226 e. The van der Waals surface area contributed by atoms with Gasteiger partial charge in [0.05, 0.1) is 16.7 Å². The molecule has 1 fully saturated rings. The normalized spacial score (nSPS) is 27.9. The third-order valence-electron chi connectivity index (χ3n) is 3.50. The zero-order chi connectivity index (χ0) is 14.1. The summed E-state index contributed by atoms with van der Waals surface area (Å²) in [5.74, 6) is 0.167. The predicted octanol–water partition coefficient (Wildman–Crippen LogP) is 2.90. The lowest BCUT2D eigenvalue weighted by molar-refractivity contribution is -0.804. The lowest BCUT2D eigenvalue weighted by atomic mass is 10.1. The van der Waals surface area contributed by atoms with Crippen molar-refractivity contribution in [1.82, 2.24) is 0 Å². The average molecular weight is 530 g/mol. The largest absolute Gasteiger partial charge is 0.288 e. The Morgan fingerprint density at radius 1 is 1.10 bits per heavy atom. The van der Waals surface area contributed by atoms with Crippen molar-refractivity contribution < 1.29 is 9.69 Å². The summed E-state index contributed by atoms with van der Waals surface area (Å²) in [6.07, 6.45) is 7.97. The highest BCUT2D eigenvalue weighted by molar-refractivity contribution is 14.1. The van der Waals surface area contributed by atoms with Crippen LogP contribution in [0.3, 0.4) is 0 Å². The molecule has 6 heteroatoms. The molecule has 106 valence electrons. The highest BCUT2D eigenvalue weighted by atomic mass is 127. The second kappa shape index (κ2) is 6.80. The molecular weight excluding hydrogens is 516 g/mol. The van der Waals surface area contributed by atoms with Crippen molar-refractivity contribution in [3.63, 3.8) is 0 Å². The van der Waals surface area contributed by atoms with E-state index in [1.165, 1.54) is 36.7 Å². The molecule has 3 aliphatic rings. The van der Waals surface area contributed by atoms with Crippen molar-refractivity contribution in [2.75, 3.05) is 13.1 Å². The number of Topliss-reactive ketones (excluding diaryl/α,β-unsaturated/α-hetero) is 1. The first-order valence-electron chi connectivity index (χ1n) is 6.58. The summed E-state index contributed by atoms with van der Waals surface area (Å²) in [4.78, 5) is 15.0. The SMILES string of the molecule is O=C1C(I)=CC(I)=CC1=C1C=S=C([NH+]2CCCCC2)S1. The summed E-state index contributed by atoms with van der Waals surface area (Å²) in [5.41, 5.74) is 0.866. The summed E-state index contributed by atoms with van der Waals surface area (Å²) in [7, 11) is 1.81. The predicted molar refractivity (Wildman–Crippen MR) is 107 cm³/mol. The summed E-state index contributed by atoms with van der Waals surface area (Å²) in [6, 6.07) is 0. The van der Waals surface area contributed by atoms with Crippen LogP contribution in [0.15, 0.2) is 29.8 Å². The van der Waals surface area contributed by atoms with Gasteiger partial charge in [-0.1, -0.05) is 10.9 Å². The lowest BCUT2D eigenvalue weighted by Crippen LogP contribution is -3.14. The van der Waals surface area contributed by atoms with Crippen molar-refractivity contribution in [3.05, 3.63) is 29.8 Å². The van der Waals surface area contributed by atoms with Crippen molar-refractivity contribution in [1.29, 1.82) is 0 Å². The molecule has 0 aromatic heterocycles. The molecule has 20 heavy (non-hydrogen) atoms. The van der Waals surface area contributed by atoms with Crippen molar-refractivity contribution in [2.45, 2.75) is 19.3 Å². The molecule has 2 heterocycles. The van der Waals surface area contributed by atoms with Gasteiger partial charge in [0, 0.05) is 19.4 Å². The van der Waals surface area contributed by atoms with Crippen LogP contribution < -0.4 is 4.90 Å². The molecule has 1 saturated heterocycles. The molecule has 0 atom stereocenters. The van der Waals surface area contributed by atoms with Crippen LogP contribution in [0.1, 0.15) is 19.3 Å². The van der Waals surface area contributed by atoms with Gasteiger partial charge in [-0.25, -0.2) is 0 Å². The van der Waals surface area contributed by atoms with Gasteiger partial charge in [0.1, 0.15) is 0 Å². The number of ketones is 1. The number of hydrogen-bond acceptors (Lipinski definition) is 2. The zero-order valence-corrected chi connectivity index (χ0v) is 16.7. The molecule has 0 radical (unpaired) electrons. The Bertz CT molecular complexity index is 621. The Balaban J connectivity index is 1.82. The van der Waals surface area contributed by atoms with Crippen LogP contribution in [0.2, 0.25) is 0 Å². The van der Waals surface area contributed by atoms with Gasteiger partial charge in [-0.2, -0.15) is 0 Å². The van der Waals surface area contributed by atoms with Crippen LogP contribution in [0.4, 0.5) is 0 Å². The van der Waals surface area contributed by atoms with Gasteiger partial charge in [0.25, 0.3) is 0 Å². The maximum atomic E-state index is 12.3. The first-order chi connectivity index (χ1) is 9.65. The molecule has 0 aromatic carbocycles. The molecule has 0 unspecified atom stereocenters. The van der Waals surface area contributed by atoms with E-state index in [2.05, 4.69) is 50.5 Å². The molecule has 1 N–H and O–H groups in total. The van der Waals surface area contributed by atoms with Crippen LogP contribution in [0.5, 0.6) is 0 Å². The number of likely N-dealkylation sites (tertiary alicyclic amines) is 1. The molecule has 0 bridgehead atoms. The fraction of sp³-hybridized carbons (Fsp3) is 0.357. The van der Waals surface area contributed by atoms with Gasteiger partial charge < -0.3 is 0 Å². The summed E-state index contributed by atoms with van der Waals surface area (Å²) in [6.45, 7) is 2.48. The standard InChI is InChI=1S/C14H13I2NOS2/c15-9-6-10(13(18)11(16)7-9)12-8-19-14(20-12)17-4-2-1-3-5-17/h6-8H,1-5H2/p+1. The van der Waals surface area contributed by atoms with Gasteiger partial charge in [-0.05, 0) is 88.4 Å². The van der Waals surface area contributed by atoms with Crippen LogP contribution in [0, 0.1) is 0 Å². The molecule has 0 aromatic rings. The van der Waals surface area contributed by atoms with E-state index in [4.69, 9.17) is 0 Å². The minimum atomic E-state index is 0.167. The van der Waals surface area contributed by atoms with Gasteiger partial charge in [-0.15, -0.1) is 0 Å². The Kier molecular flexibility index (Phi) is 5.28. The number of thioether (sulfide) groups is 1. The van der Waals surface area contributed by atoms with Crippen LogP contribution >= 0.6 is 67.9 Å². The second-order valence-electron chi connectivity index (χ2n) is 4.92. The number of carbonyl (C=O) groups is 1. The van der Waals surface area contributed by atoms with E-state index < -0.39 is 0 Å². The molecule has 1 aliphatic carbocycles. The number of carbonyl (C=O) groups excluding carboxylic acids is 1. The fourth-order valence-corrected chi connectivity index (χ4v) is 6.76. The molecule has 2 nitrogen and oxygen atoms in total. The van der Waals surface area contributed by atoms with Crippen LogP contribution in [-0.4, -0.2) is 28.6 Å². The number of piperidine rings is 1. The van der Waals surface area contributed by atoms with Crippen molar-refractivity contribution in [2.24, 2.45) is 0 Å². The number of hydrogen-bond donors (Lipinski definition) is 1. The summed E-state index contributed by atoms with van der Waals surface area (Å²) in [5, 5.41) is 2.16. The molecule has 0 spiro atoms. The maximum absolute atomic E-state index is 12.3. The van der Waals surface area contributed by atoms with E-state index in [0.29, 0.717) is 0 Å². The minimum absolute atomic E-state index is 0.167. The van der Waals surface area contributed by atoms with Gasteiger partial charge in [-0.3, -0.25) is 9.69 Å². The van der Waals surface area contributed by atoms with E-state index in [1.54, 1.807) is 16.7 Å². The van der Waals surface area contributed by atoms with E-state index in [0.717, 1.165) is 17.6 Å². The molecule has 0 saturated carbocycles. The first-order valence-corrected chi connectivity index (χ1v) is 10.4. The molecule has 2 aliphatic heterocycles. The van der Waals surface area contributed by atoms with Crippen molar-refractivity contribution in [3.8, 4) is 0 Å². The Morgan fingerprint density at radius 3 is 2.60 bits per heavy atom. The smallest absolute Gasteiger partial charge is 0.226 e. The van der Waals surface area contributed by atoms with E-state index >= 15 is 0 Å². The van der Waals surface area contributed by atoms with Gasteiger partial charge in [0.15, 0.2) is 5.78 Å². The number of nitrogens with one attached hydrogen (secondary N) is 1. The van der Waals surface area contributed by atoms with Gasteiger partial charge in [0.2, 0.25) is 4.32 Å². The molecular formula is C14H14I2NOS2+. The fourth-order valence-electron chi connectivity index (χ4n) is 2.46. The number of halogens is 2.